The monoisotopic (exact) mass is 286 g/mol. The van der Waals surface area contributed by atoms with Gasteiger partial charge in [-0.05, 0) is 37.9 Å². The predicted molar refractivity (Wildman–Crippen MR) is 79.7 cm³/mol. The highest BCUT2D eigenvalue weighted by Crippen LogP contribution is 2.08. The molecule has 0 bridgehead atoms. The van der Waals surface area contributed by atoms with Crippen LogP contribution in [0.2, 0.25) is 0 Å². The minimum atomic E-state index is 0. The third kappa shape index (κ3) is 9.33. The van der Waals surface area contributed by atoms with Gasteiger partial charge in [0.05, 0.1) is 6.61 Å². The summed E-state index contributed by atoms with van der Waals surface area (Å²) in [4.78, 5) is 11.4. The van der Waals surface area contributed by atoms with Gasteiger partial charge in [0.25, 0.3) is 0 Å². The highest BCUT2D eigenvalue weighted by molar-refractivity contribution is 5.85. The van der Waals surface area contributed by atoms with Crippen LogP contribution in [0.15, 0.2) is 30.3 Å². The minimum Gasteiger partial charge on any atom is -0.494 e. The maximum Gasteiger partial charge on any atom is 0.220 e. The maximum absolute atomic E-state index is 11.4. The van der Waals surface area contributed by atoms with E-state index in [2.05, 4.69) is 5.32 Å². The SMILES string of the molecule is Cl.NCCCCNC(=O)CCCOc1ccccc1. The number of halogens is 1. The lowest BCUT2D eigenvalue weighted by molar-refractivity contribution is -0.121. The zero-order chi connectivity index (χ0) is 13.1. The van der Waals surface area contributed by atoms with Gasteiger partial charge < -0.3 is 15.8 Å². The summed E-state index contributed by atoms with van der Waals surface area (Å²) in [5.74, 6) is 0.935. The van der Waals surface area contributed by atoms with Crippen molar-refractivity contribution in [2.24, 2.45) is 5.73 Å². The third-order valence-electron chi connectivity index (χ3n) is 2.51. The molecule has 0 spiro atoms. The van der Waals surface area contributed by atoms with Crippen molar-refractivity contribution in [2.45, 2.75) is 25.7 Å². The minimum absolute atomic E-state index is 0. The van der Waals surface area contributed by atoms with Crippen LogP contribution in [0.1, 0.15) is 25.7 Å². The fourth-order valence-corrected chi connectivity index (χ4v) is 1.52. The first kappa shape index (κ1) is 17.7. The average molecular weight is 287 g/mol. The van der Waals surface area contributed by atoms with Crippen LogP contribution in [0.3, 0.4) is 0 Å². The summed E-state index contributed by atoms with van der Waals surface area (Å²) in [5.41, 5.74) is 5.37. The summed E-state index contributed by atoms with van der Waals surface area (Å²) in [5, 5.41) is 2.87. The number of benzene rings is 1. The van der Waals surface area contributed by atoms with E-state index in [4.69, 9.17) is 10.5 Å². The molecule has 1 aromatic carbocycles. The summed E-state index contributed by atoms with van der Waals surface area (Å²) in [6.07, 6.45) is 3.15. The lowest BCUT2D eigenvalue weighted by Crippen LogP contribution is -2.25. The van der Waals surface area contributed by atoms with Crippen molar-refractivity contribution >= 4 is 18.3 Å². The Hall–Kier alpha value is -1.26. The molecular weight excluding hydrogens is 264 g/mol. The maximum atomic E-state index is 11.4. The lowest BCUT2D eigenvalue weighted by atomic mass is 10.3. The van der Waals surface area contributed by atoms with Crippen molar-refractivity contribution in [3.63, 3.8) is 0 Å². The Kier molecular flexibility index (Phi) is 11.0. The molecule has 1 aromatic rings. The van der Waals surface area contributed by atoms with Crippen LogP contribution < -0.4 is 15.8 Å². The molecule has 0 unspecified atom stereocenters. The first-order valence-corrected chi connectivity index (χ1v) is 6.47. The number of ether oxygens (including phenoxy) is 1. The molecular formula is C14H23ClN2O2. The Morgan fingerprint density at radius 3 is 2.58 bits per heavy atom. The van der Waals surface area contributed by atoms with Gasteiger partial charge in [0.2, 0.25) is 5.91 Å². The molecule has 0 saturated heterocycles. The van der Waals surface area contributed by atoms with E-state index in [0.717, 1.165) is 31.6 Å². The van der Waals surface area contributed by atoms with E-state index in [-0.39, 0.29) is 18.3 Å². The number of hydrogen-bond donors (Lipinski definition) is 2. The molecule has 0 radical (unpaired) electrons. The quantitative estimate of drug-likeness (QED) is 0.684. The van der Waals surface area contributed by atoms with Crippen LogP contribution in [0.5, 0.6) is 5.75 Å². The molecule has 0 heterocycles. The smallest absolute Gasteiger partial charge is 0.220 e. The molecule has 3 N–H and O–H groups in total. The number of rotatable bonds is 9. The molecule has 0 aromatic heterocycles. The van der Waals surface area contributed by atoms with Crippen LogP contribution >= 0.6 is 12.4 Å². The first-order chi connectivity index (χ1) is 8.83. The van der Waals surface area contributed by atoms with Gasteiger partial charge in [-0.2, -0.15) is 0 Å². The average Bonchev–Trinajstić information content (AvgIpc) is 2.41. The van der Waals surface area contributed by atoms with Crippen molar-refractivity contribution in [3.8, 4) is 5.75 Å². The molecule has 1 amide bonds. The van der Waals surface area contributed by atoms with E-state index in [9.17, 15) is 4.79 Å². The van der Waals surface area contributed by atoms with Crippen molar-refractivity contribution < 1.29 is 9.53 Å². The topological polar surface area (TPSA) is 64.3 Å². The second-order valence-electron chi connectivity index (χ2n) is 4.11. The van der Waals surface area contributed by atoms with Crippen LogP contribution in [0, 0.1) is 0 Å². The van der Waals surface area contributed by atoms with E-state index < -0.39 is 0 Å². The predicted octanol–water partition coefficient (Wildman–Crippen LogP) is 2.12. The number of amides is 1. The molecule has 0 aliphatic rings. The van der Waals surface area contributed by atoms with Crippen molar-refractivity contribution in [2.75, 3.05) is 19.7 Å². The summed E-state index contributed by atoms with van der Waals surface area (Å²) in [7, 11) is 0. The number of nitrogens with two attached hydrogens (primary N) is 1. The number of para-hydroxylation sites is 1. The van der Waals surface area contributed by atoms with Crippen molar-refractivity contribution in [3.05, 3.63) is 30.3 Å². The summed E-state index contributed by atoms with van der Waals surface area (Å²) in [6, 6.07) is 9.63. The van der Waals surface area contributed by atoms with Gasteiger partial charge in [-0.1, -0.05) is 18.2 Å². The van der Waals surface area contributed by atoms with Crippen molar-refractivity contribution in [1.29, 1.82) is 0 Å². The van der Waals surface area contributed by atoms with Gasteiger partial charge in [0, 0.05) is 13.0 Å². The van der Waals surface area contributed by atoms with Gasteiger partial charge in [0.1, 0.15) is 5.75 Å². The van der Waals surface area contributed by atoms with E-state index in [0.29, 0.717) is 19.6 Å². The number of unbranched alkanes of at least 4 members (excludes halogenated alkanes) is 1. The molecule has 0 aliphatic carbocycles. The molecule has 0 fully saturated rings. The highest BCUT2D eigenvalue weighted by Gasteiger charge is 2.00. The Balaban J connectivity index is 0.00000324. The van der Waals surface area contributed by atoms with Crippen molar-refractivity contribution in [1.82, 2.24) is 5.32 Å². The van der Waals surface area contributed by atoms with Crippen LogP contribution in [0.4, 0.5) is 0 Å². The van der Waals surface area contributed by atoms with Gasteiger partial charge in [-0.25, -0.2) is 0 Å². The molecule has 4 nitrogen and oxygen atoms in total. The molecule has 0 aliphatic heterocycles. The molecule has 19 heavy (non-hydrogen) atoms. The fourth-order valence-electron chi connectivity index (χ4n) is 1.52. The second kappa shape index (κ2) is 11.8. The van der Waals surface area contributed by atoms with Crippen LogP contribution in [-0.2, 0) is 4.79 Å². The molecule has 5 heteroatoms. The first-order valence-electron chi connectivity index (χ1n) is 6.47. The number of nitrogens with one attached hydrogen (secondary N) is 1. The Morgan fingerprint density at radius 1 is 1.16 bits per heavy atom. The number of carbonyl (C=O) groups excluding carboxylic acids is 1. The molecule has 1 rings (SSSR count). The zero-order valence-corrected chi connectivity index (χ0v) is 12.0. The zero-order valence-electron chi connectivity index (χ0n) is 11.1. The van der Waals surface area contributed by atoms with Gasteiger partial charge in [-0.3, -0.25) is 4.79 Å². The summed E-state index contributed by atoms with van der Waals surface area (Å²) >= 11 is 0. The normalized spacial score (nSPS) is 9.53. The number of hydrogen-bond acceptors (Lipinski definition) is 3. The van der Waals surface area contributed by atoms with Crippen LogP contribution in [0.25, 0.3) is 0 Å². The fraction of sp³-hybridized carbons (Fsp3) is 0.500. The van der Waals surface area contributed by atoms with Gasteiger partial charge >= 0.3 is 0 Å². The van der Waals surface area contributed by atoms with Gasteiger partial charge in [0.15, 0.2) is 0 Å². The lowest BCUT2D eigenvalue weighted by Gasteiger charge is -2.06. The van der Waals surface area contributed by atoms with E-state index >= 15 is 0 Å². The molecule has 108 valence electrons. The standard InChI is InChI=1S/C14H22N2O2.ClH/c15-10-4-5-11-16-14(17)9-6-12-18-13-7-2-1-3-8-13;/h1-3,7-8H,4-6,9-12,15H2,(H,16,17);1H. The van der Waals surface area contributed by atoms with E-state index in [1.54, 1.807) is 0 Å². The Bertz CT molecular complexity index is 333. The molecule has 0 saturated carbocycles. The molecule has 0 atom stereocenters. The number of carbonyl (C=O) groups is 1. The Labute approximate surface area is 121 Å². The second-order valence-corrected chi connectivity index (χ2v) is 4.11. The van der Waals surface area contributed by atoms with E-state index in [1.807, 2.05) is 30.3 Å². The van der Waals surface area contributed by atoms with Gasteiger partial charge in [-0.15, -0.1) is 12.4 Å². The van der Waals surface area contributed by atoms with Crippen LogP contribution in [-0.4, -0.2) is 25.6 Å². The van der Waals surface area contributed by atoms with E-state index in [1.165, 1.54) is 0 Å². The third-order valence-corrected chi connectivity index (χ3v) is 2.51. The summed E-state index contributed by atoms with van der Waals surface area (Å²) in [6.45, 7) is 1.97. The highest BCUT2D eigenvalue weighted by atomic mass is 35.5. The largest absolute Gasteiger partial charge is 0.494 e. The summed E-state index contributed by atoms with van der Waals surface area (Å²) < 4.78 is 5.50. The Morgan fingerprint density at radius 2 is 1.89 bits per heavy atom.